The predicted octanol–water partition coefficient (Wildman–Crippen LogP) is 0.777. The van der Waals surface area contributed by atoms with Crippen molar-refractivity contribution < 1.29 is 9.47 Å². The Morgan fingerprint density at radius 1 is 1.33 bits per heavy atom. The molecule has 0 saturated heterocycles. The Hall–Kier alpha value is -0.120. The molecule has 3 nitrogen and oxygen atoms in total. The van der Waals surface area contributed by atoms with Crippen LogP contribution >= 0.6 is 0 Å². The van der Waals surface area contributed by atoms with Crippen molar-refractivity contribution in [1.82, 2.24) is 0 Å². The van der Waals surface area contributed by atoms with Crippen molar-refractivity contribution in [2.24, 2.45) is 11.7 Å². The monoisotopic (exact) mass is 173 g/mol. The Morgan fingerprint density at radius 2 is 2.00 bits per heavy atom. The lowest BCUT2D eigenvalue weighted by atomic mass is 10.2. The summed E-state index contributed by atoms with van der Waals surface area (Å²) in [4.78, 5) is 0. The van der Waals surface area contributed by atoms with Crippen LogP contribution in [0, 0.1) is 5.92 Å². The highest BCUT2D eigenvalue weighted by atomic mass is 16.5. The number of rotatable bonds is 7. The highest BCUT2D eigenvalue weighted by molar-refractivity contribution is 4.83. The Labute approximate surface area is 74.2 Å². The summed E-state index contributed by atoms with van der Waals surface area (Å²) in [5.41, 5.74) is 5.83. The zero-order valence-electron chi connectivity index (χ0n) is 7.79. The second kappa shape index (κ2) is 5.51. The first-order valence-corrected chi connectivity index (χ1v) is 4.75. The van der Waals surface area contributed by atoms with E-state index in [-0.39, 0.29) is 6.04 Å². The van der Waals surface area contributed by atoms with Gasteiger partial charge < -0.3 is 15.2 Å². The van der Waals surface area contributed by atoms with Gasteiger partial charge in [0.2, 0.25) is 0 Å². The van der Waals surface area contributed by atoms with Crippen LogP contribution in [-0.2, 0) is 9.47 Å². The molecule has 1 aliphatic carbocycles. The summed E-state index contributed by atoms with van der Waals surface area (Å²) in [7, 11) is 0. The van der Waals surface area contributed by atoms with Crippen molar-refractivity contribution in [1.29, 1.82) is 0 Å². The van der Waals surface area contributed by atoms with E-state index in [4.69, 9.17) is 15.2 Å². The van der Waals surface area contributed by atoms with E-state index in [0.29, 0.717) is 19.8 Å². The van der Waals surface area contributed by atoms with Gasteiger partial charge in [0.25, 0.3) is 0 Å². The van der Waals surface area contributed by atoms with Gasteiger partial charge in [0.1, 0.15) is 0 Å². The van der Waals surface area contributed by atoms with Crippen LogP contribution in [0.15, 0.2) is 0 Å². The molecular formula is C9H19NO2. The lowest BCUT2D eigenvalue weighted by Gasteiger charge is -2.10. The van der Waals surface area contributed by atoms with Gasteiger partial charge in [-0.1, -0.05) is 0 Å². The van der Waals surface area contributed by atoms with Gasteiger partial charge in [-0.05, 0) is 25.7 Å². The van der Waals surface area contributed by atoms with Gasteiger partial charge in [-0.3, -0.25) is 0 Å². The molecule has 0 aromatic carbocycles. The van der Waals surface area contributed by atoms with Crippen molar-refractivity contribution >= 4 is 0 Å². The molecule has 1 aliphatic rings. The highest BCUT2D eigenvalue weighted by Crippen LogP contribution is 2.31. The molecule has 0 aliphatic heterocycles. The fraction of sp³-hybridized carbons (Fsp3) is 1.00. The SMILES string of the molecule is CCOCCOCC(N)C1CC1. The molecule has 1 saturated carbocycles. The van der Waals surface area contributed by atoms with Crippen LogP contribution < -0.4 is 5.73 Å². The second-order valence-corrected chi connectivity index (χ2v) is 3.27. The number of hydrogen-bond acceptors (Lipinski definition) is 3. The number of nitrogens with two attached hydrogens (primary N) is 1. The van der Waals surface area contributed by atoms with E-state index >= 15 is 0 Å². The van der Waals surface area contributed by atoms with Crippen molar-refractivity contribution in [3.63, 3.8) is 0 Å². The molecule has 0 bridgehead atoms. The topological polar surface area (TPSA) is 44.5 Å². The normalized spacial score (nSPS) is 19.5. The standard InChI is InChI=1S/C9H19NO2/c1-2-11-5-6-12-7-9(10)8-3-4-8/h8-9H,2-7,10H2,1H3. The van der Waals surface area contributed by atoms with Crippen molar-refractivity contribution in [3.05, 3.63) is 0 Å². The van der Waals surface area contributed by atoms with Crippen molar-refractivity contribution in [2.75, 3.05) is 26.4 Å². The molecule has 1 fully saturated rings. The largest absolute Gasteiger partial charge is 0.379 e. The molecule has 0 amide bonds. The van der Waals surface area contributed by atoms with E-state index in [9.17, 15) is 0 Å². The Bertz CT molecular complexity index is 115. The molecule has 0 aromatic rings. The molecule has 72 valence electrons. The molecule has 0 aromatic heterocycles. The zero-order chi connectivity index (χ0) is 8.81. The van der Waals surface area contributed by atoms with Crippen LogP contribution in [0.1, 0.15) is 19.8 Å². The Kier molecular flexibility index (Phi) is 4.58. The third-order valence-corrected chi connectivity index (χ3v) is 2.11. The summed E-state index contributed by atoms with van der Waals surface area (Å²) in [5, 5.41) is 0. The van der Waals surface area contributed by atoms with Gasteiger partial charge in [-0.15, -0.1) is 0 Å². The molecule has 2 N–H and O–H groups in total. The molecule has 1 unspecified atom stereocenters. The predicted molar refractivity (Wildman–Crippen MR) is 48.0 cm³/mol. The summed E-state index contributed by atoms with van der Waals surface area (Å²) in [6.07, 6.45) is 2.58. The third kappa shape index (κ3) is 4.04. The molecule has 1 rings (SSSR count). The lowest BCUT2D eigenvalue weighted by Crippen LogP contribution is -2.29. The number of hydrogen-bond donors (Lipinski definition) is 1. The van der Waals surface area contributed by atoms with Crippen LogP contribution in [0.2, 0.25) is 0 Å². The van der Waals surface area contributed by atoms with Crippen LogP contribution in [0.3, 0.4) is 0 Å². The molecule has 0 radical (unpaired) electrons. The van der Waals surface area contributed by atoms with Crippen LogP contribution in [-0.4, -0.2) is 32.5 Å². The minimum atomic E-state index is 0.256. The van der Waals surface area contributed by atoms with Crippen LogP contribution in [0.4, 0.5) is 0 Å². The first-order chi connectivity index (χ1) is 5.84. The smallest absolute Gasteiger partial charge is 0.0701 e. The van der Waals surface area contributed by atoms with Gasteiger partial charge in [0.05, 0.1) is 19.8 Å². The maximum Gasteiger partial charge on any atom is 0.0701 e. The van der Waals surface area contributed by atoms with Crippen LogP contribution in [0.5, 0.6) is 0 Å². The summed E-state index contributed by atoms with van der Waals surface area (Å²) >= 11 is 0. The van der Waals surface area contributed by atoms with E-state index in [1.165, 1.54) is 12.8 Å². The van der Waals surface area contributed by atoms with Crippen molar-refractivity contribution in [3.8, 4) is 0 Å². The van der Waals surface area contributed by atoms with Gasteiger partial charge in [0.15, 0.2) is 0 Å². The summed E-state index contributed by atoms with van der Waals surface area (Å²) < 4.78 is 10.5. The van der Waals surface area contributed by atoms with E-state index in [1.54, 1.807) is 0 Å². The number of ether oxygens (including phenoxy) is 2. The third-order valence-electron chi connectivity index (χ3n) is 2.11. The molecule has 0 spiro atoms. The minimum Gasteiger partial charge on any atom is -0.379 e. The van der Waals surface area contributed by atoms with Gasteiger partial charge in [-0.25, -0.2) is 0 Å². The van der Waals surface area contributed by atoms with E-state index in [1.807, 2.05) is 6.92 Å². The van der Waals surface area contributed by atoms with Gasteiger partial charge in [0, 0.05) is 12.6 Å². The molecule has 0 heterocycles. The first kappa shape index (κ1) is 9.96. The summed E-state index contributed by atoms with van der Waals surface area (Å²) in [6.45, 7) is 4.80. The van der Waals surface area contributed by atoms with Gasteiger partial charge in [-0.2, -0.15) is 0 Å². The average Bonchev–Trinajstić information content (AvgIpc) is 2.86. The quantitative estimate of drug-likeness (QED) is 0.578. The summed E-state index contributed by atoms with van der Waals surface area (Å²) in [6, 6.07) is 0.256. The van der Waals surface area contributed by atoms with E-state index in [2.05, 4.69) is 0 Å². The lowest BCUT2D eigenvalue weighted by molar-refractivity contribution is 0.0454. The fourth-order valence-corrected chi connectivity index (χ4v) is 1.14. The first-order valence-electron chi connectivity index (χ1n) is 4.75. The van der Waals surface area contributed by atoms with Crippen molar-refractivity contribution in [2.45, 2.75) is 25.8 Å². The fourth-order valence-electron chi connectivity index (χ4n) is 1.14. The minimum absolute atomic E-state index is 0.256. The second-order valence-electron chi connectivity index (χ2n) is 3.27. The zero-order valence-corrected chi connectivity index (χ0v) is 7.79. The molecule has 12 heavy (non-hydrogen) atoms. The highest BCUT2D eigenvalue weighted by Gasteiger charge is 2.28. The Balaban J connectivity index is 1.81. The average molecular weight is 173 g/mol. The summed E-state index contributed by atoms with van der Waals surface area (Å²) in [5.74, 6) is 0.733. The molecule has 1 atom stereocenters. The molecule has 3 heteroatoms. The maximum absolute atomic E-state index is 5.83. The van der Waals surface area contributed by atoms with E-state index < -0.39 is 0 Å². The Morgan fingerprint density at radius 3 is 2.58 bits per heavy atom. The van der Waals surface area contributed by atoms with E-state index in [0.717, 1.165) is 12.5 Å². The van der Waals surface area contributed by atoms with Crippen LogP contribution in [0.25, 0.3) is 0 Å². The maximum atomic E-state index is 5.83. The molecular weight excluding hydrogens is 154 g/mol. The van der Waals surface area contributed by atoms with Gasteiger partial charge >= 0.3 is 0 Å².